The van der Waals surface area contributed by atoms with Crippen molar-refractivity contribution in [3.8, 4) is 0 Å². The summed E-state index contributed by atoms with van der Waals surface area (Å²) in [6.45, 7) is 0.562. The van der Waals surface area contributed by atoms with Crippen molar-refractivity contribution in [1.29, 1.82) is 0 Å². The van der Waals surface area contributed by atoms with Crippen molar-refractivity contribution in [2.45, 2.75) is 12.5 Å². The number of likely N-dealkylation sites (N-methyl/N-ethyl adjacent to an activating group) is 1. The van der Waals surface area contributed by atoms with E-state index in [1.807, 2.05) is 29.5 Å². The molecule has 0 amide bonds. The van der Waals surface area contributed by atoms with E-state index in [1.54, 1.807) is 11.3 Å². The maximum Gasteiger partial charge on any atom is 0.304 e. The predicted octanol–water partition coefficient (Wildman–Crippen LogP) is 0.986. The highest BCUT2D eigenvalue weighted by Crippen LogP contribution is 2.19. The molecule has 1 aromatic rings. The number of carboxylic acid groups (broad SMARTS) is 1. The van der Waals surface area contributed by atoms with Crippen molar-refractivity contribution in [3.05, 3.63) is 17.5 Å². The third-order valence-corrected chi connectivity index (χ3v) is 2.81. The van der Waals surface area contributed by atoms with Crippen LogP contribution in [0.5, 0.6) is 0 Å². The molecule has 0 saturated carbocycles. The Kier molecular flexibility index (Phi) is 3.91. The molecule has 0 aliphatic rings. The van der Waals surface area contributed by atoms with E-state index in [1.165, 1.54) is 0 Å². The van der Waals surface area contributed by atoms with Crippen LogP contribution >= 0.6 is 11.3 Å². The number of hydrogen-bond donors (Lipinski definition) is 2. The summed E-state index contributed by atoms with van der Waals surface area (Å²) in [6, 6.07) is 3.62. The minimum atomic E-state index is -0.850. The largest absolute Gasteiger partial charge is 0.481 e. The van der Waals surface area contributed by atoms with E-state index in [2.05, 4.69) is 0 Å². The second kappa shape index (κ2) is 4.97. The Morgan fingerprint density at radius 3 is 3.00 bits per heavy atom. The summed E-state index contributed by atoms with van der Waals surface area (Å²) in [5, 5.41) is 11.6. The number of thiophene rings is 1. The molecule has 0 spiro atoms. The van der Waals surface area contributed by atoms with Crippen LogP contribution in [0.4, 0.5) is 5.00 Å². The van der Waals surface area contributed by atoms with E-state index in [-0.39, 0.29) is 12.5 Å². The van der Waals surface area contributed by atoms with Crippen LogP contribution in [0.25, 0.3) is 0 Å². The fraction of sp³-hybridized carbons (Fsp3) is 0.444. The molecule has 0 aliphatic carbocycles. The first-order valence-corrected chi connectivity index (χ1v) is 5.19. The van der Waals surface area contributed by atoms with Gasteiger partial charge in [0.2, 0.25) is 0 Å². The summed E-state index contributed by atoms with van der Waals surface area (Å²) in [5.74, 6) is -0.850. The Balaban J connectivity index is 2.41. The third kappa shape index (κ3) is 3.35. The first-order valence-electron chi connectivity index (χ1n) is 4.31. The fourth-order valence-corrected chi connectivity index (χ4v) is 1.93. The highest BCUT2D eigenvalue weighted by molar-refractivity contribution is 7.14. The summed E-state index contributed by atoms with van der Waals surface area (Å²) in [5.41, 5.74) is 5.66. The van der Waals surface area contributed by atoms with Crippen LogP contribution < -0.4 is 10.6 Å². The SMILES string of the molecule is CN(CC(N)CC(=O)O)c1cccs1. The maximum atomic E-state index is 10.4. The highest BCUT2D eigenvalue weighted by Gasteiger charge is 2.11. The van der Waals surface area contributed by atoms with Gasteiger partial charge in [-0.2, -0.15) is 0 Å². The second-order valence-corrected chi connectivity index (χ2v) is 4.12. The summed E-state index contributed by atoms with van der Waals surface area (Å²) in [6.07, 6.45) is 0.00964. The van der Waals surface area contributed by atoms with Gasteiger partial charge in [-0.3, -0.25) is 4.79 Å². The van der Waals surface area contributed by atoms with E-state index in [9.17, 15) is 4.79 Å². The molecule has 0 aliphatic heterocycles. The zero-order chi connectivity index (χ0) is 10.6. The number of anilines is 1. The van der Waals surface area contributed by atoms with Gasteiger partial charge in [0.1, 0.15) is 0 Å². The number of nitrogens with zero attached hydrogens (tertiary/aromatic N) is 1. The van der Waals surface area contributed by atoms with Crippen LogP contribution in [0.1, 0.15) is 6.42 Å². The molecule has 1 atom stereocenters. The molecule has 3 N–H and O–H groups in total. The quantitative estimate of drug-likeness (QED) is 0.767. The molecule has 1 aromatic heterocycles. The van der Waals surface area contributed by atoms with E-state index >= 15 is 0 Å². The molecule has 14 heavy (non-hydrogen) atoms. The summed E-state index contributed by atoms with van der Waals surface area (Å²) >= 11 is 1.61. The zero-order valence-corrected chi connectivity index (χ0v) is 8.83. The van der Waals surface area contributed by atoms with Crippen LogP contribution in [0.3, 0.4) is 0 Å². The van der Waals surface area contributed by atoms with Crippen LogP contribution in [-0.4, -0.2) is 30.7 Å². The van der Waals surface area contributed by atoms with Crippen molar-refractivity contribution in [2.75, 3.05) is 18.5 Å². The molecule has 78 valence electrons. The molecule has 0 bridgehead atoms. The number of carboxylic acids is 1. The monoisotopic (exact) mass is 214 g/mol. The molecule has 0 aromatic carbocycles. The highest BCUT2D eigenvalue weighted by atomic mass is 32.1. The molecule has 4 nitrogen and oxygen atoms in total. The minimum absolute atomic E-state index is 0.00964. The number of rotatable bonds is 5. The molecule has 0 fully saturated rings. The Labute approximate surface area is 87.0 Å². The van der Waals surface area contributed by atoms with Crippen LogP contribution in [0, 0.1) is 0 Å². The fourth-order valence-electron chi connectivity index (χ4n) is 1.22. The van der Waals surface area contributed by atoms with E-state index < -0.39 is 5.97 Å². The van der Waals surface area contributed by atoms with Crippen LogP contribution in [0.15, 0.2) is 17.5 Å². The average molecular weight is 214 g/mol. The van der Waals surface area contributed by atoms with Gasteiger partial charge < -0.3 is 15.7 Å². The van der Waals surface area contributed by atoms with Gasteiger partial charge in [-0.15, -0.1) is 11.3 Å². The molecule has 1 rings (SSSR count). The standard InChI is InChI=1S/C9H14N2O2S/c1-11(8-3-2-4-14-8)6-7(10)5-9(12)13/h2-4,7H,5-6,10H2,1H3,(H,12,13). The molecular weight excluding hydrogens is 200 g/mol. The lowest BCUT2D eigenvalue weighted by atomic mass is 10.2. The Morgan fingerprint density at radius 1 is 1.79 bits per heavy atom. The molecule has 1 heterocycles. The van der Waals surface area contributed by atoms with Crippen molar-refractivity contribution >= 4 is 22.3 Å². The van der Waals surface area contributed by atoms with Gasteiger partial charge in [-0.25, -0.2) is 0 Å². The third-order valence-electron chi connectivity index (χ3n) is 1.83. The maximum absolute atomic E-state index is 10.4. The Hall–Kier alpha value is -1.07. The molecule has 5 heteroatoms. The van der Waals surface area contributed by atoms with E-state index in [4.69, 9.17) is 10.8 Å². The average Bonchev–Trinajstić information content (AvgIpc) is 2.53. The van der Waals surface area contributed by atoms with Crippen LogP contribution in [0.2, 0.25) is 0 Å². The topological polar surface area (TPSA) is 66.6 Å². The predicted molar refractivity (Wildman–Crippen MR) is 57.8 cm³/mol. The van der Waals surface area contributed by atoms with E-state index in [0.717, 1.165) is 5.00 Å². The van der Waals surface area contributed by atoms with Gasteiger partial charge in [0.05, 0.1) is 11.4 Å². The first kappa shape index (κ1) is 11.0. The van der Waals surface area contributed by atoms with Gasteiger partial charge in [0.15, 0.2) is 0 Å². The molecule has 0 radical (unpaired) electrons. The molecular formula is C9H14N2O2S. The normalized spacial score (nSPS) is 12.4. The lowest BCUT2D eigenvalue weighted by molar-refractivity contribution is -0.137. The van der Waals surface area contributed by atoms with Gasteiger partial charge in [0, 0.05) is 19.6 Å². The Bertz CT molecular complexity index is 287. The number of carbonyl (C=O) groups is 1. The second-order valence-electron chi connectivity index (χ2n) is 3.19. The van der Waals surface area contributed by atoms with Crippen LogP contribution in [-0.2, 0) is 4.79 Å². The number of aliphatic carboxylic acids is 1. The molecule has 0 saturated heterocycles. The van der Waals surface area contributed by atoms with Crippen molar-refractivity contribution < 1.29 is 9.90 Å². The first-order chi connectivity index (χ1) is 6.59. The minimum Gasteiger partial charge on any atom is -0.481 e. The summed E-state index contributed by atoms with van der Waals surface area (Å²) < 4.78 is 0. The van der Waals surface area contributed by atoms with E-state index in [0.29, 0.717) is 6.54 Å². The summed E-state index contributed by atoms with van der Waals surface area (Å²) in [7, 11) is 1.91. The summed E-state index contributed by atoms with van der Waals surface area (Å²) in [4.78, 5) is 12.4. The Morgan fingerprint density at radius 2 is 2.50 bits per heavy atom. The van der Waals surface area contributed by atoms with Gasteiger partial charge in [0.25, 0.3) is 0 Å². The van der Waals surface area contributed by atoms with Crippen molar-refractivity contribution in [2.24, 2.45) is 5.73 Å². The molecule has 1 unspecified atom stereocenters. The van der Waals surface area contributed by atoms with Crippen molar-refractivity contribution in [3.63, 3.8) is 0 Å². The smallest absolute Gasteiger partial charge is 0.304 e. The number of hydrogen-bond acceptors (Lipinski definition) is 4. The lowest BCUT2D eigenvalue weighted by Crippen LogP contribution is -2.36. The lowest BCUT2D eigenvalue weighted by Gasteiger charge is -2.20. The van der Waals surface area contributed by atoms with Gasteiger partial charge >= 0.3 is 5.97 Å². The number of nitrogens with two attached hydrogens (primary N) is 1. The van der Waals surface area contributed by atoms with Gasteiger partial charge in [-0.1, -0.05) is 0 Å². The van der Waals surface area contributed by atoms with Crippen molar-refractivity contribution in [1.82, 2.24) is 0 Å². The zero-order valence-electron chi connectivity index (χ0n) is 8.01. The van der Waals surface area contributed by atoms with Gasteiger partial charge in [-0.05, 0) is 17.5 Å².